The maximum absolute atomic E-state index is 14.3. The largest absolute Gasteiger partial charge is 0.373 e. The molecule has 2 aliphatic carbocycles. The van der Waals surface area contributed by atoms with Gasteiger partial charge in [-0.05, 0) is 55.3 Å². The summed E-state index contributed by atoms with van der Waals surface area (Å²) < 4.78 is 33.4. The Hall–Kier alpha value is -3.16. The Labute approximate surface area is 276 Å². The van der Waals surface area contributed by atoms with E-state index in [9.17, 15) is 37.5 Å². The Morgan fingerprint density at radius 2 is 1.55 bits per heavy atom. The Bertz CT molecular complexity index is 1300. The highest BCUT2D eigenvalue weighted by molar-refractivity contribution is 6.37. The summed E-state index contributed by atoms with van der Waals surface area (Å²) in [5.41, 5.74) is 1.11. The number of carbonyl (C=O) groups excluding carboxylic acids is 6. The predicted molar refractivity (Wildman–Crippen MR) is 169 cm³/mol. The summed E-state index contributed by atoms with van der Waals surface area (Å²) in [7, 11) is 0. The minimum atomic E-state index is -3.00. The van der Waals surface area contributed by atoms with Gasteiger partial charge in [-0.3, -0.25) is 19.2 Å². The van der Waals surface area contributed by atoms with Crippen molar-refractivity contribution < 1.29 is 42.3 Å². The third-order valence-electron chi connectivity index (χ3n) is 10.1. The average molecular weight is 670 g/mol. The number of halogens is 2. The van der Waals surface area contributed by atoms with E-state index in [1.165, 1.54) is 4.90 Å². The molecule has 5 amide bonds. The summed E-state index contributed by atoms with van der Waals surface area (Å²) in [6.07, 6.45) is -0.304. The fourth-order valence-electron chi connectivity index (χ4n) is 6.48. The third kappa shape index (κ3) is 8.11. The lowest BCUT2D eigenvalue weighted by Gasteiger charge is -2.43. The summed E-state index contributed by atoms with van der Waals surface area (Å²) in [5, 5.41) is 7.94. The Balaban J connectivity index is 1.88. The standard InChI is InChI=1S/C33H53F2N5O7/c1-28(2,3)23(38-27(46)39-32(15-41,29(4,5)6)16-47-30(7,8)9)26(45)40-14-18-20(31(18,10)11)21(40)25(44)37-19(22(42)24(36)43)12-17-13-33(17,34)35/h15,17-21,23H,12-14,16H2,1-11H3,(H2,36,43)(H,37,44)(H2,38,39,46)/t17?,18-,19?,20-,21-,23+,32-/m0/s1. The fraction of sp³-hybridized carbons (Fsp3) is 0.818. The zero-order valence-corrected chi connectivity index (χ0v) is 29.5. The van der Waals surface area contributed by atoms with Crippen LogP contribution in [0.25, 0.3) is 0 Å². The molecule has 3 fully saturated rings. The molecule has 0 aromatic carbocycles. The number of alkyl halides is 2. The van der Waals surface area contributed by atoms with Gasteiger partial charge in [0.2, 0.25) is 17.6 Å². The van der Waals surface area contributed by atoms with Crippen LogP contribution in [0.15, 0.2) is 0 Å². The van der Waals surface area contributed by atoms with Crippen LogP contribution in [0, 0.1) is 34.0 Å². The lowest BCUT2D eigenvalue weighted by molar-refractivity contribution is -0.145. The highest BCUT2D eigenvalue weighted by Crippen LogP contribution is 2.65. The molecule has 3 aliphatic rings. The van der Waals surface area contributed by atoms with Crippen molar-refractivity contribution in [2.45, 2.75) is 124 Å². The number of aldehydes is 1. The van der Waals surface area contributed by atoms with Crippen LogP contribution < -0.4 is 21.7 Å². The number of fused-ring (bicyclic) bond motifs is 1. The Morgan fingerprint density at radius 1 is 1.00 bits per heavy atom. The highest BCUT2D eigenvalue weighted by Gasteiger charge is 2.70. The number of urea groups is 1. The lowest BCUT2D eigenvalue weighted by atomic mass is 9.75. The number of likely N-dealkylation sites (tertiary alicyclic amines) is 1. The minimum absolute atomic E-state index is 0.0761. The fourth-order valence-corrected chi connectivity index (χ4v) is 6.48. The van der Waals surface area contributed by atoms with Crippen LogP contribution >= 0.6 is 0 Å². The molecule has 2 saturated carbocycles. The van der Waals surface area contributed by atoms with E-state index in [0.717, 1.165) is 0 Å². The topological polar surface area (TPSA) is 177 Å². The number of Topliss-reactive ketones (excluding diaryl/α,β-unsaturated/α-hetero) is 1. The van der Waals surface area contributed by atoms with Gasteiger partial charge < -0.3 is 36.1 Å². The Kier molecular flexibility index (Phi) is 10.1. The van der Waals surface area contributed by atoms with Crippen LogP contribution in [0.3, 0.4) is 0 Å². The number of ketones is 1. The summed E-state index contributed by atoms with van der Waals surface area (Å²) in [6.45, 7) is 20.0. The Morgan fingerprint density at radius 3 is 1.98 bits per heavy atom. The van der Waals surface area contributed by atoms with Crippen molar-refractivity contribution in [3.05, 3.63) is 0 Å². The number of piperidine rings is 1. The van der Waals surface area contributed by atoms with Gasteiger partial charge >= 0.3 is 6.03 Å². The molecule has 266 valence electrons. The van der Waals surface area contributed by atoms with Gasteiger partial charge in [-0.2, -0.15) is 0 Å². The van der Waals surface area contributed by atoms with Gasteiger partial charge in [0.1, 0.15) is 23.9 Å². The maximum atomic E-state index is 14.3. The molecule has 1 heterocycles. The SMILES string of the molecule is CC(C)(C)OC[C@](C=O)(NC(=O)N[C@H](C(=O)N1C[C@H]2[C@@H]([C@H]1C(=O)NC(CC1CC1(F)F)C(=O)C(N)=O)C2(C)C)C(C)(C)C)C(C)(C)C. The first-order valence-electron chi connectivity index (χ1n) is 16.1. The number of ether oxygens (including phenoxy) is 1. The van der Waals surface area contributed by atoms with Crippen LogP contribution in [0.2, 0.25) is 0 Å². The number of hydrogen-bond donors (Lipinski definition) is 4. The first kappa shape index (κ1) is 38.3. The van der Waals surface area contributed by atoms with Crippen molar-refractivity contribution in [2.75, 3.05) is 13.2 Å². The van der Waals surface area contributed by atoms with Gasteiger partial charge in [0, 0.05) is 18.9 Å². The molecule has 47 heavy (non-hydrogen) atoms. The summed E-state index contributed by atoms with van der Waals surface area (Å²) in [6, 6.07) is -4.62. The molecule has 7 atom stereocenters. The van der Waals surface area contributed by atoms with Crippen LogP contribution in [0.1, 0.15) is 89.0 Å². The average Bonchev–Trinajstić information content (AvgIpc) is 3.56. The molecule has 1 aliphatic heterocycles. The second-order valence-corrected chi connectivity index (χ2v) is 17.2. The number of hydrogen-bond acceptors (Lipinski definition) is 7. The van der Waals surface area contributed by atoms with E-state index < -0.39 is 94.3 Å². The first-order valence-corrected chi connectivity index (χ1v) is 16.1. The molecule has 2 unspecified atom stereocenters. The number of nitrogens with zero attached hydrogens (tertiary/aromatic N) is 1. The van der Waals surface area contributed by atoms with Crippen LogP contribution in [-0.4, -0.2) is 89.1 Å². The van der Waals surface area contributed by atoms with Crippen LogP contribution in [0.5, 0.6) is 0 Å². The summed E-state index contributed by atoms with van der Waals surface area (Å²) in [4.78, 5) is 79.8. The molecule has 0 radical (unpaired) electrons. The quantitative estimate of drug-likeness (QED) is 0.182. The zero-order valence-electron chi connectivity index (χ0n) is 29.5. The van der Waals surface area contributed by atoms with E-state index in [-0.39, 0.29) is 30.4 Å². The van der Waals surface area contributed by atoms with Crippen molar-refractivity contribution in [2.24, 2.45) is 39.7 Å². The van der Waals surface area contributed by atoms with Crippen molar-refractivity contribution in [1.29, 1.82) is 0 Å². The van der Waals surface area contributed by atoms with Gasteiger partial charge in [-0.1, -0.05) is 55.4 Å². The third-order valence-corrected chi connectivity index (χ3v) is 10.1. The highest BCUT2D eigenvalue weighted by atomic mass is 19.3. The van der Waals surface area contributed by atoms with E-state index in [1.54, 1.807) is 41.5 Å². The van der Waals surface area contributed by atoms with Crippen molar-refractivity contribution in [3.63, 3.8) is 0 Å². The smallest absolute Gasteiger partial charge is 0.316 e. The van der Waals surface area contributed by atoms with Crippen molar-refractivity contribution >= 4 is 35.8 Å². The van der Waals surface area contributed by atoms with Crippen LogP contribution in [0.4, 0.5) is 13.6 Å². The normalized spacial score (nSPS) is 27.0. The molecule has 0 aromatic heterocycles. The molecule has 14 heteroatoms. The number of carbonyl (C=O) groups is 6. The number of rotatable bonds is 12. The summed E-state index contributed by atoms with van der Waals surface area (Å²) in [5.74, 6) is -8.46. The zero-order chi connectivity index (χ0) is 36.3. The molecule has 1 saturated heterocycles. The van der Waals surface area contributed by atoms with Gasteiger partial charge in [-0.15, -0.1) is 0 Å². The van der Waals surface area contributed by atoms with Gasteiger partial charge in [0.25, 0.3) is 11.8 Å². The molecule has 3 rings (SSSR count). The molecule has 0 aromatic rings. The molecule has 12 nitrogen and oxygen atoms in total. The number of nitrogens with two attached hydrogens (primary N) is 1. The van der Waals surface area contributed by atoms with Crippen molar-refractivity contribution in [3.8, 4) is 0 Å². The molecule has 0 bridgehead atoms. The first-order chi connectivity index (χ1) is 21.1. The monoisotopic (exact) mass is 669 g/mol. The minimum Gasteiger partial charge on any atom is -0.373 e. The second-order valence-electron chi connectivity index (χ2n) is 17.2. The van der Waals surface area contributed by atoms with Gasteiger partial charge in [-0.25, -0.2) is 13.6 Å². The molecule has 5 N–H and O–H groups in total. The van der Waals surface area contributed by atoms with Crippen molar-refractivity contribution in [1.82, 2.24) is 20.9 Å². The van der Waals surface area contributed by atoms with E-state index in [0.29, 0.717) is 6.29 Å². The van der Waals surface area contributed by atoms with E-state index in [2.05, 4.69) is 16.0 Å². The van der Waals surface area contributed by atoms with E-state index >= 15 is 0 Å². The predicted octanol–water partition coefficient (Wildman–Crippen LogP) is 2.57. The van der Waals surface area contributed by atoms with Gasteiger partial charge in [0.05, 0.1) is 18.2 Å². The summed E-state index contributed by atoms with van der Waals surface area (Å²) >= 11 is 0. The second kappa shape index (κ2) is 12.4. The number of amides is 5. The van der Waals surface area contributed by atoms with E-state index in [1.807, 2.05) is 34.6 Å². The lowest BCUT2D eigenvalue weighted by Crippen LogP contribution is -2.67. The van der Waals surface area contributed by atoms with Gasteiger partial charge in [0.15, 0.2) is 0 Å². The maximum Gasteiger partial charge on any atom is 0.316 e. The van der Waals surface area contributed by atoms with E-state index in [4.69, 9.17) is 10.5 Å². The van der Waals surface area contributed by atoms with Crippen LogP contribution in [-0.2, 0) is 28.7 Å². The number of primary amides is 1. The number of nitrogens with one attached hydrogen (secondary N) is 3. The molecular weight excluding hydrogens is 616 g/mol. The molecular formula is C33H53F2N5O7. The molecule has 0 spiro atoms.